The number of hydrogen-bond acceptors (Lipinski definition) is 28. The second kappa shape index (κ2) is 32.7. The molecule has 14 atom stereocenters. The number of methoxy groups -OCH3 is 1. The minimum absolute atomic E-state index is 0.0273. The molecule has 35 nitrogen and oxygen atoms in total. The maximum atomic E-state index is 16.4. The van der Waals surface area contributed by atoms with E-state index >= 15 is 24.0 Å². The summed E-state index contributed by atoms with van der Waals surface area (Å²) in [5.74, 6) is -18.3. The first-order valence-electron chi connectivity index (χ1n) is 36.4. The van der Waals surface area contributed by atoms with E-state index in [1.54, 1.807) is 24.3 Å². The monoisotopic (exact) mass is 1630 g/mol. The first-order valence-corrected chi connectivity index (χ1v) is 37.3. The molecule has 0 spiro atoms. The smallest absolute Gasteiger partial charge is 0.333 e. The maximum absolute atomic E-state index is 16.4. The van der Waals surface area contributed by atoms with Gasteiger partial charge in [-0.1, -0.05) is 72.4 Å². The van der Waals surface area contributed by atoms with Gasteiger partial charge in [0.25, 0.3) is 0 Å². The lowest BCUT2D eigenvalue weighted by atomic mass is 9.89. The Morgan fingerprint density at radius 3 is 1.66 bits per heavy atom. The highest BCUT2D eigenvalue weighted by Crippen LogP contribution is 2.49. The molecule has 8 aromatic carbocycles. The molecule has 0 unspecified atom stereocenters. The van der Waals surface area contributed by atoms with E-state index in [9.17, 15) is 69.6 Å². The lowest BCUT2D eigenvalue weighted by molar-refractivity contribution is -0.211. The van der Waals surface area contributed by atoms with Gasteiger partial charge in [-0.3, -0.25) is 47.9 Å². The van der Waals surface area contributed by atoms with Gasteiger partial charge in [-0.05, 0) is 119 Å². The molecular weight excluding hydrogens is 1560 g/mol. The van der Waals surface area contributed by atoms with Gasteiger partial charge in [0.1, 0.15) is 113 Å². The molecule has 36 heteroatoms. The van der Waals surface area contributed by atoms with Crippen LogP contribution in [0.3, 0.4) is 0 Å². The summed E-state index contributed by atoms with van der Waals surface area (Å²) in [4.78, 5) is 161. The van der Waals surface area contributed by atoms with Crippen molar-refractivity contribution in [3.05, 3.63) is 196 Å². The average molecular weight is 1640 g/mol. The number of phenolic OH excluding ortho intramolecular Hbond substituents is 6. The van der Waals surface area contributed by atoms with Gasteiger partial charge in [-0.15, -0.1) is 0 Å². The second-order valence-corrected chi connectivity index (χ2v) is 29.3. The molecule has 7 aliphatic heterocycles. The number of thioether (sulfide) groups is 1. The summed E-state index contributed by atoms with van der Waals surface area (Å²) in [6.45, 7) is 5.19. The standard InChI is InChI=1S/C82H74N8O27S/c1-33-53(98)24-43-26-55(33)116-56-25-41(16-22-52(56)97)68(90-31-42-9-7-8-10-48(42)80(90)118-82-67(83-34(2)91)73(113-37(5)94)72(112-36(4)93)59(117-82)32-111-35(3)92)79(108)89-66-70(101)39-13-19-47(20-14-39)115-58-28-44-27-57(71(58)102)114-46-17-11-38(12-18-46)69(100)65-78(107)87-64(81(109)110-6)50-29-45(95)30-54(99)60(50)49-23-40(15-21-51(49)96)61(74(103)88-65)84-76(105)63(44)85-75(104)62(43)86-77(66)106/h7-31,59,61-70,72-73,82,95-102H,32H2,1-6H3,(H,83,91)(H,84,105)(H,85,104)(H,86,106)(H,87,107)(H,88,103)(H,89,108)/t59-,61-,62+,63-,64+,65+,66-,67-,68-,69-,70-,72-,73-,82+/m1/s1. The van der Waals surface area contributed by atoms with Crippen molar-refractivity contribution >= 4 is 87.8 Å². The molecule has 1 fully saturated rings. The average Bonchev–Trinajstić information content (AvgIpc) is 1.38. The number of carbonyl (C=O) groups excluding carboxylic acids is 11. The fourth-order valence-corrected chi connectivity index (χ4v) is 16.0. The summed E-state index contributed by atoms with van der Waals surface area (Å²) >= 11 is 0.840. The van der Waals surface area contributed by atoms with Crippen molar-refractivity contribution in [2.24, 2.45) is 0 Å². The largest absolute Gasteiger partial charge is 0.508 e. The van der Waals surface area contributed by atoms with Crippen molar-refractivity contribution in [1.29, 1.82) is 0 Å². The van der Waals surface area contributed by atoms with Gasteiger partial charge in [0.05, 0.1) is 12.1 Å². The Kier molecular flexibility index (Phi) is 22.3. The molecule has 1 saturated heterocycles. The molecule has 9 aromatic rings. The van der Waals surface area contributed by atoms with Gasteiger partial charge in [-0.25, -0.2) is 4.79 Å². The number of aromatic hydroxyl groups is 6. The van der Waals surface area contributed by atoms with Crippen LogP contribution < -0.4 is 51.4 Å². The van der Waals surface area contributed by atoms with Gasteiger partial charge in [-0.2, -0.15) is 0 Å². The zero-order valence-electron chi connectivity index (χ0n) is 62.9. The maximum Gasteiger partial charge on any atom is 0.333 e. The quantitative estimate of drug-likeness (QED) is 0.0594. The molecule has 610 valence electrons. The van der Waals surface area contributed by atoms with Crippen LogP contribution in [0.15, 0.2) is 157 Å². The Hall–Kier alpha value is -14.1. The van der Waals surface area contributed by atoms with Crippen molar-refractivity contribution in [3.8, 4) is 80.1 Å². The van der Waals surface area contributed by atoms with Crippen molar-refractivity contribution in [2.75, 3.05) is 13.7 Å². The van der Waals surface area contributed by atoms with E-state index in [1.165, 1.54) is 84.4 Å². The number of nitrogens with one attached hydrogen (secondary N) is 7. The van der Waals surface area contributed by atoms with Crippen LogP contribution in [0.5, 0.6) is 69.0 Å². The number of esters is 4. The first-order chi connectivity index (χ1) is 56.3. The Bertz CT molecular complexity index is 5620. The predicted molar refractivity (Wildman–Crippen MR) is 408 cm³/mol. The van der Waals surface area contributed by atoms with Crippen LogP contribution in [-0.2, 0) is 76.4 Å². The summed E-state index contributed by atoms with van der Waals surface area (Å²) in [7, 11) is 0.958. The molecule has 8 heterocycles. The van der Waals surface area contributed by atoms with Gasteiger partial charge >= 0.3 is 23.9 Å². The number of ether oxygens (including phenoxy) is 8. The zero-order valence-corrected chi connectivity index (χ0v) is 63.7. The van der Waals surface area contributed by atoms with E-state index < -0.39 is 219 Å². The zero-order chi connectivity index (χ0) is 84.1. The summed E-state index contributed by atoms with van der Waals surface area (Å²) < 4.78 is 49.2. The number of amides is 7. The Morgan fingerprint density at radius 1 is 0.517 bits per heavy atom. The summed E-state index contributed by atoms with van der Waals surface area (Å²) in [5, 5.41) is 115. The first kappa shape index (κ1) is 80.5. The van der Waals surface area contributed by atoms with Crippen LogP contribution in [0.2, 0.25) is 0 Å². The van der Waals surface area contributed by atoms with Crippen LogP contribution in [0.4, 0.5) is 0 Å². The van der Waals surface area contributed by atoms with Crippen molar-refractivity contribution < 1.29 is 131 Å². The summed E-state index contributed by atoms with van der Waals surface area (Å²) in [6, 6.07) is 13.9. The van der Waals surface area contributed by atoms with Gasteiger partial charge in [0.2, 0.25) is 47.1 Å². The highest BCUT2D eigenvalue weighted by atomic mass is 32.2. The molecule has 0 radical (unpaired) electrons. The minimum Gasteiger partial charge on any atom is -0.508 e. The number of benzene rings is 8. The minimum atomic E-state index is -2.26. The normalized spacial score (nSPS) is 23.5. The van der Waals surface area contributed by atoms with E-state index in [2.05, 4.69) is 37.2 Å². The number of aliphatic hydroxyl groups excluding tert-OH is 2. The molecular formula is C82H74N8O27S. The second-order valence-electron chi connectivity index (χ2n) is 28.2. The fraction of sp³-hybridized carbons (Fsp3) is 0.256. The van der Waals surface area contributed by atoms with E-state index in [-0.39, 0.29) is 66.8 Å². The number of hydrogen-bond donors (Lipinski definition) is 15. The van der Waals surface area contributed by atoms with Crippen molar-refractivity contribution in [3.63, 3.8) is 0 Å². The third-order valence-corrected chi connectivity index (χ3v) is 21.6. The number of aliphatic hydroxyl groups is 2. The Labute approximate surface area is 672 Å². The third-order valence-electron chi connectivity index (χ3n) is 20.3. The molecule has 7 amide bonds. The SMILES string of the molecule is COC(=O)[C@H]1NC(=O)[C@H]2NC(=O)[C@H](NC(=O)[C@@H]3NC(=O)[C@H]4NC(=O)[C@H](NC(=O)[C@H](n5cc6ccccc6c5S[C@@H]5O[C@H](COC(C)=O)[C@@H](OC(C)=O)[C@H](OC(C)=O)[C@H]5NC(C)=O)c5ccc(O)c(c5)Oc5cc4cc(O)c5C)[C@H](O)c4ccc(cc4)Oc4cc3cc(c4O)Oc3ccc(cc3)[C@H]2O)c2ccc(O)c(c2)-c2c(O)cc(O)cc21. The van der Waals surface area contributed by atoms with E-state index in [0.29, 0.717) is 10.8 Å². The molecule has 17 bridgehead atoms. The Balaban J connectivity index is 0.937. The van der Waals surface area contributed by atoms with E-state index in [4.69, 9.17) is 37.9 Å². The third kappa shape index (κ3) is 16.1. The van der Waals surface area contributed by atoms with E-state index in [0.717, 1.165) is 101 Å². The molecule has 0 aliphatic carbocycles. The van der Waals surface area contributed by atoms with Crippen molar-refractivity contribution in [2.45, 2.75) is 124 Å². The number of carbonyl (C=O) groups is 11. The topological polar surface area (TPSA) is 513 Å². The number of phenols is 6. The molecule has 0 saturated carbocycles. The van der Waals surface area contributed by atoms with Gasteiger partial charge in [0, 0.05) is 73.0 Å². The van der Waals surface area contributed by atoms with Crippen LogP contribution in [0, 0.1) is 6.92 Å². The summed E-state index contributed by atoms with van der Waals surface area (Å²) in [6.07, 6.45) is -7.19. The van der Waals surface area contributed by atoms with Crippen LogP contribution in [0.25, 0.3) is 21.9 Å². The van der Waals surface area contributed by atoms with E-state index in [1.807, 2.05) is 0 Å². The summed E-state index contributed by atoms with van der Waals surface area (Å²) in [5.41, 5.74) is -3.92. The highest BCUT2D eigenvalue weighted by Gasteiger charge is 2.52. The number of rotatable bonds is 9. The van der Waals surface area contributed by atoms with Gasteiger partial charge < -0.3 is 121 Å². The van der Waals surface area contributed by atoms with Crippen LogP contribution in [-0.4, -0.2) is 166 Å². The molecule has 15 N–H and O–H groups in total. The van der Waals surface area contributed by atoms with Crippen LogP contribution >= 0.6 is 11.8 Å². The lowest BCUT2D eigenvalue weighted by Gasteiger charge is -2.45. The highest BCUT2D eigenvalue weighted by molar-refractivity contribution is 8.00. The Morgan fingerprint density at radius 2 is 1.05 bits per heavy atom. The number of aromatic nitrogens is 1. The molecule has 16 rings (SSSR count). The van der Waals surface area contributed by atoms with Crippen molar-refractivity contribution in [1.82, 2.24) is 41.8 Å². The molecule has 7 aliphatic rings. The predicted octanol–water partition coefficient (Wildman–Crippen LogP) is 5.86. The molecule has 1 aromatic heterocycles. The number of fused-ring (bicyclic) bond motifs is 15. The fourth-order valence-electron chi connectivity index (χ4n) is 14.6. The molecule has 118 heavy (non-hydrogen) atoms. The van der Waals surface area contributed by atoms with Crippen LogP contribution in [0.1, 0.15) is 115 Å². The number of nitrogens with zero attached hydrogens (tertiary/aromatic N) is 1. The lowest BCUT2D eigenvalue weighted by Crippen LogP contribution is -2.65. The van der Waals surface area contributed by atoms with Gasteiger partial charge in [0.15, 0.2) is 41.2 Å².